The third kappa shape index (κ3) is 1.49. The molecule has 0 atom stereocenters. The third-order valence-corrected chi connectivity index (χ3v) is 0.309. The number of hydrogen-bond acceptors (Lipinski definition) is 1. The van der Waals surface area contributed by atoms with Gasteiger partial charge >= 0.3 is 0 Å². The van der Waals surface area contributed by atoms with Crippen LogP contribution in [0.4, 0.5) is 0 Å². The molecule has 1 radical (unpaired) electrons. The molecule has 3 heteroatoms. The molecule has 3 nitrogen and oxygen atoms in total. The molecule has 0 heterocycles. The van der Waals surface area contributed by atoms with Gasteiger partial charge in [-0.05, 0) is 6.08 Å². The van der Waals surface area contributed by atoms with E-state index < -0.39 is 5.91 Å². The number of nitrogens with one attached hydrogen (secondary N) is 2. The summed E-state index contributed by atoms with van der Waals surface area (Å²) in [6, 6.07) is 0. The Hall–Kier alpha value is -0.830. The molecule has 0 saturated carbocycles. The molecule has 0 spiro atoms. The van der Waals surface area contributed by atoms with Crippen LogP contribution in [0.1, 0.15) is 0 Å². The molecule has 0 aromatic carbocycles. The quantitative estimate of drug-likeness (QED) is 0.338. The van der Waals surface area contributed by atoms with Crippen LogP contribution in [0, 0.1) is 0 Å². The van der Waals surface area contributed by atoms with Crippen molar-refractivity contribution in [2.45, 2.75) is 0 Å². The minimum absolute atomic E-state index is 0.477. The van der Waals surface area contributed by atoms with Crippen LogP contribution in [-0.4, -0.2) is 5.91 Å². The van der Waals surface area contributed by atoms with E-state index in [1.54, 1.807) is 5.43 Å². The second kappa shape index (κ2) is 2.41. The molecule has 0 rings (SSSR count). The summed E-state index contributed by atoms with van der Waals surface area (Å²) in [5.74, 6) is 5.66. The van der Waals surface area contributed by atoms with Crippen molar-refractivity contribution < 1.29 is 4.79 Å². The molecule has 0 aliphatic heterocycles. The number of carbonyl (C=O) groups is 1. The van der Waals surface area contributed by atoms with E-state index in [1.807, 2.05) is 0 Å². The summed E-state index contributed by atoms with van der Waals surface area (Å²) in [4.78, 5) is 9.76. The molecular formula is C3H5N2O. The minimum atomic E-state index is -0.477. The maximum atomic E-state index is 9.76. The van der Waals surface area contributed by atoms with Crippen molar-refractivity contribution in [1.82, 2.24) is 11.3 Å². The summed E-state index contributed by atoms with van der Waals surface area (Å²) in [6.45, 7) is 3.10. The Bertz CT molecular complexity index is 69.2. The average molecular weight is 85.1 g/mol. The molecule has 0 aromatic heterocycles. The number of hydrogen-bond donors (Lipinski definition) is 1. The van der Waals surface area contributed by atoms with Crippen molar-refractivity contribution in [1.29, 1.82) is 0 Å². The van der Waals surface area contributed by atoms with Crippen LogP contribution in [0.25, 0.3) is 0 Å². The maximum absolute atomic E-state index is 9.76. The van der Waals surface area contributed by atoms with Gasteiger partial charge in [0.2, 0.25) is 0 Å². The fourth-order valence-electron chi connectivity index (χ4n) is 0.0510. The lowest BCUT2D eigenvalue weighted by molar-refractivity contribution is -0.116. The van der Waals surface area contributed by atoms with Crippen LogP contribution in [-0.2, 0) is 4.79 Å². The predicted molar refractivity (Wildman–Crippen MR) is 21.4 cm³/mol. The van der Waals surface area contributed by atoms with E-state index in [0.717, 1.165) is 6.08 Å². The lowest BCUT2D eigenvalue weighted by Crippen LogP contribution is -2.16. The summed E-state index contributed by atoms with van der Waals surface area (Å²) < 4.78 is 0. The van der Waals surface area contributed by atoms with Crippen molar-refractivity contribution in [2.24, 2.45) is 0 Å². The van der Waals surface area contributed by atoms with Crippen molar-refractivity contribution in [3.05, 3.63) is 12.7 Å². The monoisotopic (exact) mass is 85.0 g/mol. The van der Waals surface area contributed by atoms with Crippen LogP contribution in [0.5, 0.6) is 0 Å². The summed E-state index contributed by atoms with van der Waals surface area (Å²) >= 11 is 0. The van der Waals surface area contributed by atoms with E-state index in [9.17, 15) is 4.79 Å². The zero-order chi connectivity index (χ0) is 4.99. The predicted octanol–water partition coefficient (Wildman–Crippen LogP) is -0.514. The van der Waals surface area contributed by atoms with Gasteiger partial charge < -0.3 is 0 Å². The lowest BCUT2D eigenvalue weighted by Gasteiger charge is -1.80. The summed E-state index contributed by atoms with van der Waals surface area (Å²) in [7, 11) is 0. The van der Waals surface area contributed by atoms with Gasteiger partial charge in [0, 0.05) is 0 Å². The number of amides is 1. The van der Waals surface area contributed by atoms with Crippen LogP contribution in [0.15, 0.2) is 12.7 Å². The molecule has 0 aliphatic rings. The van der Waals surface area contributed by atoms with Gasteiger partial charge in [0.1, 0.15) is 0 Å². The van der Waals surface area contributed by atoms with Crippen LogP contribution >= 0.6 is 0 Å². The topological polar surface area (TPSA) is 52.9 Å². The highest BCUT2D eigenvalue weighted by molar-refractivity contribution is 5.86. The van der Waals surface area contributed by atoms with Crippen LogP contribution in [0.2, 0.25) is 0 Å². The van der Waals surface area contributed by atoms with Crippen LogP contribution < -0.4 is 11.3 Å². The molecule has 0 fully saturated rings. The van der Waals surface area contributed by atoms with Crippen molar-refractivity contribution in [3.8, 4) is 0 Å². The minimum Gasteiger partial charge on any atom is -0.273 e. The van der Waals surface area contributed by atoms with Gasteiger partial charge in [0.25, 0.3) is 5.91 Å². The van der Waals surface area contributed by atoms with E-state index in [4.69, 9.17) is 5.84 Å². The van der Waals surface area contributed by atoms with Gasteiger partial charge in [-0.2, -0.15) is 5.84 Å². The summed E-state index contributed by atoms with van der Waals surface area (Å²) in [6.07, 6.45) is 1.03. The van der Waals surface area contributed by atoms with Crippen molar-refractivity contribution in [2.75, 3.05) is 0 Å². The second-order valence-corrected chi connectivity index (χ2v) is 0.693. The first-order valence-electron chi connectivity index (χ1n) is 1.40. The van der Waals surface area contributed by atoms with Crippen molar-refractivity contribution in [3.63, 3.8) is 0 Å². The molecule has 0 saturated heterocycles. The normalized spacial score (nSPS) is 6.83. The largest absolute Gasteiger partial charge is 0.273 e. The van der Waals surface area contributed by atoms with Gasteiger partial charge in [-0.15, -0.1) is 0 Å². The molecule has 0 aromatic rings. The van der Waals surface area contributed by atoms with Gasteiger partial charge in [0.05, 0.1) is 0 Å². The Morgan fingerprint density at radius 3 is 2.50 bits per heavy atom. The number of rotatable bonds is 1. The van der Waals surface area contributed by atoms with E-state index in [-0.39, 0.29) is 0 Å². The van der Waals surface area contributed by atoms with Gasteiger partial charge in [-0.25, -0.2) is 0 Å². The fraction of sp³-hybridized carbons (Fsp3) is 0. The van der Waals surface area contributed by atoms with E-state index in [1.165, 1.54) is 0 Å². The molecule has 1 amide bonds. The van der Waals surface area contributed by atoms with E-state index in [2.05, 4.69) is 6.58 Å². The molecule has 0 aliphatic carbocycles. The highest BCUT2D eigenvalue weighted by Gasteiger charge is 1.80. The number of carbonyl (C=O) groups excluding carboxylic acids is 1. The Balaban J connectivity index is 3.23. The standard InChI is InChI=1S/C3H5N2O/c1-2-3(6)5-4/h2,4H,1H2,(H,5,6). The molecule has 6 heavy (non-hydrogen) atoms. The second-order valence-electron chi connectivity index (χ2n) is 0.693. The summed E-state index contributed by atoms with van der Waals surface area (Å²) in [5.41, 5.74) is 1.61. The molecule has 0 bridgehead atoms. The Kier molecular flexibility index (Phi) is 2.08. The Morgan fingerprint density at radius 1 is 2.00 bits per heavy atom. The molecule has 2 N–H and O–H groups in total. The first-order valence-corrected chi connectivity index (χ1v) is 1.40. The fourth-order valence-corrected chi connectivity index (χ4v) is 0.0510. The molecular weight excluding hydrogens is 80.0 g/mol. The van der Waals surface area contributed by atoms with E-state index >= 15 is 0 Å². The molecule has 33 valence electrons. The average Bonchev–Trinajstić information content (AvgIpc) is 1.65. The highest BCUT2D eigenvalue weighted by Crippen LogP contribution is 1.55. The zero-order valence-corrected chi connectivity index (χ0v) is 3.19. The van der Waals surface area contributed by atoms with Gasteiger partial charge in [-0.3, -0.25) is 10.2 Å². The Labute approximate surface area is 35.8 Å². The van der Waals surface area contributed by atoms with Crippen molar-refractivity contribution >= 4 is 5.91 Å². The third-order valence-electron chi connectivity index (χ3n) is 0.309. The van der Waals surface area contributed by atoms with Crippen LogP contribution in [0.3, 0.4) is 0 Å². The smallest absolute Gasteiger partial charge is 0.258 e. The first-order chi connectivity index (χ1) is 2.81. The lowest BCUT2D eigenvalue weighted by atomic mass is 10.6. The van der Waals surface area contributed by atoms with Gasteiger partial charge in [0.15, 0.2) is 0 Å². The Morgan fingerprint density at radius 2 is 2.50 bits per heavy atom. The highest BCUT2D eigenvalue weighted by atomic mass is 16.2. The zero-order valence-electron chi connectivity index (χ0n) is 3.19. The maximum Gasteiger partial charge on any atom is 0.258 e. The first kappa shape index (κ1) is 5.17. The summed E-state index contributed by atoms with van der Waals surface area (Å²) in [5, 5.41) is 0. The van der Waals surface area contributed by atoms with E-state index in [0.29, 0.717) is 0 Å². The SMILES string of the molecule is C=CC(=O)N[NH]. The molecule has 0 unspecified atom stereocenters. The van der Waals surface area contributed by atoms with Gasteiger partial charge in [-0.1, -0.05) is 6.58 Å².